The highest BCUT2D eigenvalue weighted by Crippen LogP contribution is 2.25. The number of piperidine rings is 1. The number of amides is 2. The van der Waals surface area contributed by atoms with E-state index in [9.17, 15) is 14.4 Å². The largest absolute Gasteiger partial charge is 0.464 e. The van der Waals surface area contributed by atoms with Crippen molar-refractivity contribution in [2.24, 2.45) is 0 Å². The number of esters is 1. The first-order valence-corrected chi connectivity index (χ1v) is 8.63. The quantitative estimate of drug-likeness (QED) is 0.727. The third-order valence-electron chi connectivity index (χ3n) is 4.19. The van der Waals surface area contributed by atoms with Gasteiger partial charge in [-0.05, 0) is 31.3 Å². The second kappa shape index (κ2) is 7.12. The molecule has 3 rings (SSSR count). The molecule has 1 atom stereocenters. The molecule has 9 nitrogen and oxygen atoms in total. The molecular weight excluding hydrogens is 336 g/mol. The van der Waals surface area contributed by atoms with E-state index < -0.39 is 18.1 Å². The Kier molecular flexibility index (Phi) is 4.93. The number of hydrogen-bond donors (Lipinski definition) is 0. The smallest absolute Gasteiger partial charge is 0.410 e. The Bertz CT molecular complexity index is 615. The van der Waals surface area contributed by atoms with E-state index in [1.54, 1.807) is 17.2 Å². The molecule has 0 radical (unpaired) electrons. The van der Waals surface area contributed by atoms with Crippen LogP contribution in [0.3, 0.4) is 0 Å². The van der Waals surface area contributed by atoms with Gasteiger partial charge in [-0.15, -0.1) is 5.10 Å². The Labute approximate surface area is 142 Å². The van der Waals surface area contributed by atoms with Gasteiger partial charge in [0.25, 0.3) is 5.91 Å². The van der Waals surface area contributed by atoms with Gasteiger partial charge in [0, 0.05) is 24.5 Å². The van der Waals surface area contributed by atoms with E-state index in [0.717, 1.165) is 11.5 Å². The fraction of sp³-hybridized carbons (Fsp3) is 0.643. The first-order valence-electron chi connectivity index (χ1n) is 7.80. The third-order valence-corrected chi connectivity index (χ3v) is 4.70. The molecule has 0 aliphatic carbocycles. The van der Waals surface area contributed by atoms with Gasteiger partial charge in [-0.3, -0.25) is 9.69 Å². The first kappa shape index (κ1) is 16.6. The maximum atomic E-state index is 12.3. The van der Waals surface area contributed by atoms with Crippen LogP contribution in [0.1, 0.15) is 30.3 Å². The lowest BCUT2D eigenvalue weighted by Gasteiger charge is -2.36. The molecule has 24 heavy (non-hydrogen) atoms. The molecule has 2 amide bonds. The number of rotatable bonds is 4. The average molecular weight is 354 g/mol. The van der Waals surface area contributed by atoms with Gasteiger partial charge < -0.3 is 14.4 Å². The summed E-state index contributed by atoms with van der Waals surface area (Å²) in [5, 5.41) is 5.40. The summed E-state index contributed by atoms with van der Waals surface area (Å²) in [5.74, 6) is -0.608. The van der Waals surface area contributed by atoms with Crippen LogP contribution in [0, 0.1) is 0 Å². The number of cyclic esters (lactones) is 1. The fourth-order valence-corrected chi connectivity index (χ4v) is 3.45. The summed E-state index contributed by atoms with van der Waals surface area (Å²) < 4.78 is 13.7. The molecule has 130 valence electrons. The van der Waals surface area contributed by atoms with Gasteiger partial charge in [0.05, 0.1) is 6.61 Å². The van der Waals surface area contributed by atoms with E-state index in [1.165, 1.54) is 4.90 Å². The zero-order chi connectivity index (χ0) is 17.1. The standard InChI is InChI=1S/C14H18N4O5S/c1-2-22-13(20)11-7-23-14(21)18(11)9-3-5-17(6-4-9)12(19)10-8-24-16-15-10/h8-9,11H,2-7H2,1H3/t11-/m0/s1. The number of hydrogen-bond acceptors (Lipinski definition) is 8. The summed E-state index contributed by atoms with van der Waals surface area (Å²) in [5.41, 5.74) is 0.337. The highest BCUT2D eigenvalue weighted by molar-refractivity contribution is 7.03. The Hall–Kier alpha value is -2.23. The van der Waals surface area contributed by atoms with Crippen LogP contribution in [0.4, 0.5) is 4.79 Å². The fourth-order valence-electron chi connectivity index (χ4n) is 3.02. The van der Waals surface area contributed by atoms with E-state index in [-0.39, 0.29) is 25.2 Å². The Morgan fingerprint density at radius 1 is 1.42 bits per heavy atom. The molecule has 2 aliphatic heterocycles. The second-order valence-electron chi connectivity index (χ2n) is 5.57. The number of aromatic nitrogens is 2. The van der Waals surface area contributed by atoms with E-state index in [0.29, 0.717) is 31.6 Å². The van der Waals surface area contributed by atoms with Crippen molar-refractivity contribution in [2.45, 2.75) is 31.8 Å². The van der Waals surface area contributed by atoms with Crippen LogP contribution in [-0.4, -0.2) is 75.7 Å². The minimum absolute atomic E-state index is 0.0152. The first-order chi connectivity index (χ1) is 11.6. The predicted octanol–water partition coefficient (Wildman–Crippen LogP) is 0.527. The molecule has 2 fully saturated rings. The minimum Gasteiger partial charge on any atom is -0.464 e. The van der Waals surface area contributed by atoms with E-state index >= 15 is 0 Å². The zero-order valence-electron chi connectivity index (χ0n) is 13.2. The molecule has 0 N–H and O–H groups in total. The summed E-state index contributed by atoms with van der Waals surface area (Å²) in [4.78, 5) is 39.4. The van der Waals surface area contributed by atoms with Crippen LogP contribution in [0.15, 0.2) is 5.38 Å². The molecule has 3 heterocycles. The zero-order valence-corrected chi connectivity index (χ0v) is 14.0. The number of carbonyl (C=O) groups excluding carboxylic acids is 3. The molecule has 0 spiro atoms. The number of ether oxygens (including phenoxy) is 2. The van der Waals surface area contributed by atoms with Crippen LogP contribution >= 0.6 is 11.5 Å². The van der Waals surface area contributed by atoms with Gasteiger partial charge in [-0.2, -0.15) is 0 Å². The highest BCUT2D eigenvalue weighted by atomic mass is 32.1. The average Bonchev–Trinajstić information content (AvgIpc) is 3.24. The summed E-state index contributed by atoms with van der Waals surface area (Å²) in [7, 11) is 0. The van der Waals surface area contributed by atoms with Crippen molar-refractivity contribution in [3.8, 4) is 0 Å². The van der Waals surface area contributed by atoms with Gasteiger partial charge in [-0.1, -0.05) is 4.49 Å². The highest BCUT2D eigenvalue weighted by Gasteiger charge is 2.44. The number of carbonyl (C=O) groups is 3. The van der Waals surface area contributed by atoms with Crippen LogP contribution < -0.4 is 0 Å². The van der Waals surface area contributed by atoms with Crippen molar-refractivity contribution in [3.63, 3.8) is 0 Å². The van der Waals surface area contributed by atoms with E-state index in [1.807, 2.05) is 0 Å². The molecule has 1 aromatic heterocycles. The second-order valence-corrected chi connectivity index (χ2v) is 6.18. The summed E-state index contributed by atoms with van der Waals surface area (Å²) in [6, 6.07) is -0.848. The molecule has 2 aliphatic rings. The van der Waals surface area contributed by atoms with Crippen LogP contribution in [0.5, 0.6) is 0 Å². The minimum atomic E-state index is -0.701. The third kappa shape index (κ3) is 3.18. The lowest BCUT2D eigenvalue weighted by Crippen LogP contribution is -2.52. The van der Waals surface area contributed by atoms with Crippen molar-refractivity contribution in [1.29, 1.82) is 0 Å². The van der Waals surface area contributed by atoms with Crippen molar-refractivity contribution < 1.29 is 23.9 Å². The summed E-state index contributed by atoms with van der Waals surface area (Å²) in [6.45, 7) is 2.96. The normalized spacial score (nSPS) is 21.7. The van der Waals surface area contributed by atoms with Gasteiger partial charge in [0.15, 0.2) is 11.7 Å². The van der Waals surface area contributed by atoms with Crippen molar-refractivity contribution in [2.75, 3.05) is 26.3 Å². The van der Waals surface area contributed by atoms with E-state index in [2.05, 4.69) is 9.59 Å². The molecule has 10 heteroatoms. The Balaban J connectivity index is 1.62. The molecule has 0 aromatic carbocycles. The monoisotopic (exact) mass is 354 g/mol. The molecule has 1 aromatic rings. The van der Waals surface area contributed by atoms with Crippen molar-refractivity contribution >= 4 is 29.5 Å². The summed E-state index contributed by atoms with van der Waals surface area (Å²) in [6.07, 6.45) is 0.657. The van der Waals surface area contributed by atoms with Crippen molar-refractivity contribution in [3.05, 3.63) is 11.1 Å². The van der Waals surface area contributed by atoms with Gasteiger partial charge >= 0.3 is 12.1 Å². The van der Waals surface area contributed by atoms with Crippen LogP contribution in [0.2, 0.25) is 0 Å². The number of likely N-dealkylation sites (tertiary alicyclic amines) is 1. The Morgan fingerprint density at radius 3 is 2.79 bits per heavy atom. The molecule has 0 bridgehead atoms. The van der Waals surface area contributed by atoms with Crippen molar-refractivity contribution in [1.82, 2.24) is 19.4 Å². The van der Waals surface area contributed by atoms with Gasteiger partial charge in [-0.25, -0.2) is 9.59 Å². The predicted molar refractivity (Wildman–Crippen MR) is 82.4 cm³/mol. The molecule has 0 unspecified atom stereocenters. The molecular formula is C14H18N4O5S. The maximum Gasteiger partial charge on any atom is 0.410 e. The molecule has 0 saturated carbocycles. The summed E-state index contributed by atoms with van der Waals surface area (Å²) >= 11 is 1.13. The van der Waals surface area contributed by atoms with Gasteiger partial charge in [0.1, 0.15) is 6.61 Å². The SMILES string of the molecule is CCOC(=O)[C@@H]1COC(=O)N1C1CCN(C(=O)c2csnn2)CC1. The van der Waals surface area contributed by atoms with E-state index in [4.69, 9.17) is 9.47 Å². The van der Waals surface area contributed by atoms with Crippen LogP contribution in [0.25, 0.3) is 0 Å². The van der Waals surface area contributed by atoms with Gasteiger partial charge in [0.2, 0.25) is 0 Å². The lowest BCUT2D eigenvalue weighted by atomic mass is 10.0. The topological polar surface area (TPSA) is 102 Å². The molecule has 2 saturated heterocycles. The Morgan fingerprint density at radius 2 is 2.17 bits per heavy atom. The number of nitrogens with zero attached hydrogens (tertiary/aromatic N) is 4. The van der Waals surface area contributed by atoms with Crippen LogP contribution in [-0.2, 0) is 14.3 Å². The lowest BCUT2D eigenvalue weighted by molar-refractivity contribution is -0.148. The maximum absolute atomic E-state index is 12.3.